The van der Waals surface area contributed by atoms with Gasteiger partial charge in [-0.1, -0.05) is 0 Å². The van der Waals surface area contributed by atoms with Crippen LogP contribution in [0.2, 0.25) is 0 Å². The molecule has 11 heteroatoms. The summed E-state index contributed by atoms with van der Waals surface area (Å²) >= 11 is 0. The van der Waals surface area contributed by atoms with E-state index in [1.54, 1.807) is 12.1 Å². The van der Waals surface area contributed by atoms with E-state index >= 15 is 0 Å². The van der Waals surface area contributed by atoms with Crippen LogP contribution >= 0.6 is 0 Å². The summed E-state index contributed by atoms with van der Waals surface area (Å²) in [5.41, 5.74) is 1.20. The highest BCUT2D eigenvalue weighted by molar-refractivity contribution is 6.10. The zero-order valence-corrected chi connectivity index (χ0v) is 14.5. The molecule has 1 atom stereocenters. The van der Waals surface area contributed by atoms with Crippen molar-refractivity contribution in [3.8, 4) is 0 Å². The molecule has 0 bridgehead atoms. The topological polar surface area (TPSA) is 163 Å². The molecule has 11 nitrogen and oxygen atoms in total. The highest BCUT2D eigenvalue weighted by Gasteiger charge is 2.23. The van der Waals surface area contributed by atoms with E-state index in [0.29, 0.717) is 16.7 Å². The third-order valence-corrected chi connectivity index (χ3v) is 3.77. The maximum Gasteiger partial charge on any atom is 0.323 e. The number of carbonyl (C=O) groups is 2. The van der Waals surface area contributed by atoms with Crippen molar-refractivity contribution in [1.29, 1.82) is 0 Å². The molecular formula is C17H14N6O5. The minimum atomic E-state index is -1.39. The number of anilines is 1. The molecule has 0 aliphatic carbocycles. The molecular weight excluding hydrogens is 368 g/mol. The number of Topliss-reactive ketones (excluding diaryl/α,β-unsaturated/α-hetero) is 1. The number of H-pyrrole nitrogens is 2. The molecule has 3 N–H and O–H groups in total. The van der Waals surface area contributed by atoms with E-state index in [1.165, 1.54) is 37.3 Å². The van der Waals surface area contributed by atoms with Crippen molar-refractivity contribution in [2.75, 3.05) is 5.32 Å². The van der Waals surface area contributed by atoms with E-state index in [-0.39, 0.29) is 17.1 Å². The fourth-order valence-corrected chi connectivity index (χ4v) is 2.40. The Balaban J connectivity index is 1.76. The van der Waals surface area contributed by atoms with Crippen LogP contribution in [0, 0.1) is 10.1 Å². The normalized spacial score (nSPS) is 12.2. The number of aromatic amines is 2. The van der Waals surface area contributed by atoms with Crippen LogP contribution in [0.3, 0.4) is 0 Å². The van der Waals surface area contributed by atoms with Gasteiger partial charge in [0.2, 0.25) is 6.04 Å². The van der Waals surface area contributed by atoms with Crippen LogP contribution in [0.5, 0.6) is 0 Å². The molecule has 0 radical (unpaired) electrons. The van der Waals surface area contributed by atoms with Crippen LogP contribution in [0.4, 0.5) is 17.1 Å². The van der Waals surface area contributed by atoms with Gasteiger partial charge in [-0.15, -0.1) is 0 Å². The van der Waals surface area contributed by atoms with Gasteiger partial charge in [0.25, 0.3) is 11.6 Å². The minimum absolute atomic E-state index is 0.113. The van der Waals surface area contributed by atoms with Gasteiger partial charge in [0.1, 0.15) is 0 Å². The van der Waals surface area contributed by atoms with Crippen LogP contribution in [-0.2, 0) is 9.59 Å². The highest BCUT2D eigenvalue weighted by Crippen LogP contribution is 2.19. The van der Waals surface area contributed by atoms with E-state index < -0.39 is 22.7 Å². The van der Waals surface area contributed by atoms with Crippen molar-refractivity contribution in [1.82, 2.24) is 9.97 Å². The number of hydrogen-bond donors (Lipinski definition) is 3. The second kappa shape index (κ2) is 7.61. The summed E-state index contributed by atoms with van der Waals surface area (Å²) in [6.45, 7) is 1.20. The van der Waals surface area contributed by atoms with Crippen molar-refractivity contribution in [3.05, 3.63) is 63.1 Å². The maximum absolute atomic E-state index is 12.4. The van der Waals surface area contributed by atoms with Crippen LogP contribution in [0.25, 0.3) is 11.0 Å². The van der Waals surface area contributed by atoms with E-state index in [9.17, 15) is 24.5 Å². The quantitative estimate of drug-likeness (QED) is 0.258. The fraction of sp³-hybridized carbons (Fsp3) is 0.118. The molecule has 1 amide bonds. The lowest BCUT2D eigenvalue weighted by molar-refractivity contribution is -0.384. The van der Waals surface area contributed by atoms with Crippen molar-refractivity contribution in [2.24, 2.45) is 10.2 Å². The van der Waals surface area contributed by atoms with Crippen LogP contribution in [0.15, 0.2) is 57.5 Å². The highest BCUT2D eigenvalue weighted by atomic mass is 16.6. The molecule has 28 heavy (non-hydrogen) atoms. The summed E-state index contributed by atoms with van der Waals surface area (Å²) in [5.74, 6) is -1.23. The second-order valence-corrected chi connectivity index (χ2v) is 5.83. The Morgan fingerprint density at radius 2 is 1.79 bits per heavy atom. The summed E-state index contributed by atoms with van der Waals surface area (Å²) in [5, 5.41) is 20.8. The molecule has 0 aliphatic rings. The van der Waals surface area contributed by atoms with Crippen LogP contribution in [0.1, 0.15) is 6.92 Å². The Morgan fingerprint density at radius 1 is 1.11 bits per heavy atom. The first-order valence-corrected chi connectivity index (χ1v) is 8.02. The third-order valence-electron chi connectivity index (χ3n) is 3.77. The van der Waals surface area contributed by atoms with E-state index in [1.807, 2.05) is 0 Å². The summed E-state index contributed by atoms with van der Waals surface area (Å²) in [4.78, 5) is 50.7. The number of imidazole rings is 1. The number of aromatic nitrogens is 2. The molecule has 2 aromatic carbocycles. The molecule has 3 aromatic rings. The first kappa shape index (κ1) is 18.6. The van der Waals surface area contributed by atoms with Crippen molar-refractivity contribution >= 4 is 39.8 Å². The minimum Gasteiger partial charge on any atom is -0.324 e. The lowest BCUT2D eigenvalue weighted by Gasteiger charge is -2.09. The molecule has 0 aliphatic heterocycles. The van der Waals surface area contributed by atoms with Crippen molar-refractivity contribution in [3.63, 3.8) is 0 Å². The Hall–Kier alpha value is -4.15. The summed E-state index contributed by atoms with van der Waals surface area (Å²) < 4.78 is 0. The molecule has 1 aromatic heterocycles. The van der Waals surface area contributed by atoms with E-state index in [0.717, 1.165) is 0 Å². The smallest absolute Gasteiger partial charge is 0.323 e. The zero-order chi connectivity index (χ0) is 20.3. The van der Waals surface area contributed by atoms with Gasteiger partial charge in [0.15, 0.2) is 5.78 Å². The standard InChI is InChI=1S/C17H14N6O5/c1-9(24)15(22-21-10-2-5-12(6-3-10)23(27)28)16(25)18-11-4-7-13-14(8-11)20-17(26)19-13/h2-8,15H,1H3,(H,18,25)(H2,19,20,26)/t15-/m1/s1. The Labute approximate surface area is 156 Å². The largest absolute Gasteiger partial charge is 0.324 e. The molecule has 1 heterocycles. The second-order valence-electron chi connectivity index (χ2n) is 5.83. The van der Waals surface area contributed by atoms with Crippen molar-refractivity contribution < 1.29 is 14.5 Å². The molecule has 0 unspecified atom stereocenters. The number of benzene rings is 2. The Morgan fingerprint density at radius 3 is 2.43 bits per heavy atom. The summed E-state index contributed by atoms with van der Waals surface area (Å²) in [7, 11) is 0. The SMILES string of the molecule is CC(=O)[C@@H](N=Nc1ccc([N+](=O)[O-])cc1)C(=O)Nc1ccc2[nH]c(=O)[nH]c2c1. The number of nitrogens with one attached hydrogen (secondary N) is 3. The average Bonchev–Trinajstić information content (AvgIpc) is 3.01. The number of rotatable bonds is 6. The number of fused-ring (bicyclic) bond motifs is 1. The number of nitro benzene ring substituents is 1. The summed E-state index contributed by atoms with van der Waals surface area (Å²) in [6, 6.07) is 8.50. The van der Waals surface area contributed by atoms with Gasteiger partial charge in [0, 0.05) is 17.8 Å². The Bertz CT molecular complexity index is 1140. The van der Waals surface area contributed by atoms with Crippen molar-refractivity contribution in [2.45, 2.75) is 13.0 Å². The number of hydrogen-bond acceptors (Lipinski definition) is 7. The molecule has 3 rings (SSSR count). The number of nitrogens with zero attached hydrogens (tertiary/aromatic N) is 3. The number of non-ortho nitro benzene ring substituents is 1. The predicted octanol–water partition coefficient (Wildman–Crippen LogP) is 2.44. The maximum atomic E-state index is 12.4. The van der Waals surface area contributed by atoms with Gasteiger partial charge in [-0.3, -0.25) is 19.7 Å². The lowest BCUT2D eigenvalue weighted by atomic mass is 10.2. The van der Waals surface area contributed by atoms with Gasteiger partial charge in [-0.25, -0.2) is 4.79 Å². The lowest BCUT2D eigenvalue weighted by Crippen LogP contribution is -2.31. The van der Waals surface area contributed by atoms with Crippen LogP contribution in [-0.4, -0.2) is 32.6 Å². The molecule has 0 saturated carbocycles. The molecule has 0 spiro atoms. The molecule has 0 fully saturated rings. The average molecular weight is 382 g/mol. The Kier molecular flexibility index (Phi) is 5.07. The number of azo groups is 1. The van der Waals surface area contributed by atoms with Gasteiger partial charge < -0.3 is 15.3 Å². The van der Waals surface area contributed by atoms with Gasteiger partial charge in [-0.05, 0) is 37.3 Å². The predicted molar refractivity (Wildman–Crippen MR) is 99.6 cm³/mol. The monoisotopic (exact) mass is 382 g/mol. The molecule has 0 saturated heterocycles. The number of carbonyl (C=O) groups excluding carboxylic acids is 2. The van der Waals surface area contributed by atoms with Gasteiger partial charge >= 0.3 is 5.69 Å². The molecule has 142 valence electrons. The van der Waals surface area contributed by atoms with Gasteiger partial charge in [-0.2, -0.15) is 10.2 Å². The zero-order valence-electron chi connectivity index (χ0n) is 14.5. The summed E-state index contributed by atoms with van der Waals surface area (Å²) in [6.07, 6.45) is 0. The first-order chi connectivity index (χ1) is 13.3. The fourth-order valence-electron chi connectivity index (χ4n) is 2.40. The third kappa shape index (κ3) is 4.15. The number of nitro groups is 1. The van der Waals surface area contributed by atoms with Crippen LogP contribution < -0.4 is 11.0 Å². The number of amides is 1. The van der Waals surface area contributed by atoms with E-state index in [2.05, 4.69) is 25.5 Å². The van der Waals surface area contributed by atoms with Gasteiger partial charge in [0.05, 0.1) is 21.6 Å². The van der Waals surface area contributed by atoms with E-state index in [4.69, 9.17) is 0 Å². The number of ketones is 1. The first-order valence-electron chi connectivity index (χ1n) is 8.02.